The first-order chi connectivity index (χ1) is 18.5. The molecule has 0 bridgehead atoms. The van der Waals surface area contributed by atoms with E-state index in [0.29, 0.717) is 12.5 Å². The SMILES string of the molecule is CN(C)CCN(Cc1ccccc1)C(=NC1CCCCC1)Nc1ccc(C(CC(N)=O)c2cccs2)cc1. The van der Waals surface area contributed by atoms with Gasteiger partial charge < -0.3 is 20.9 Å². The molecule has 202 valence electrons. The van der Waals surface area contributed by atoms with E-state index < -0.39 is 0 Å². The van der Waals surface area contributed by atoms with Gasteiger partial charge in [-0.25, -0.2) is 4.99 Å². The summed E-state index contributed by atoms with van der Waals surface area (Å²) in [4.78, 5) is 22.8. The highest BCUT2D eigenvalue weighted by Gasteiger charge is 2.20. The second-order valence-electron chi connectivity index (χ2n) is 10.4. The molecule has 0 spiro atoms. The summed E-state index contributed by atoms with van der Waals surface area (Å²) in [5.41, 5.74) is 8.95. The van der Waals surface area contributed by atoms with E-state index in [9.17, 15) is 4.79 Å². The van der Waals surface area contributed by atoms with Gasteiger partial charge in [0.05, 0.1) is 6.04 Å². The molecule has 1 unspecified atom stereocenters. The normalized spacial score (nSPS) is 15.4. The number of hydrogen-bond acceptors (Lipinski definition) is 4. The minimum absolute atomic E-state index is 0.0217. The Morgan fingerprint density at radius 1 is 1.00 bits per heavy atom. The number of nitrogens with zero attached hydrogens (tertiary/aromatic N) is 3. The molecule has 1 fully saturated rings. The topological polar surface area (TPSA) is 74.0 Å². The average molecular weight is 532 g/mol. The first-order valence-corrected chi connectivity index (χ1v) is 14.6. The lowest BCUT2D eigenvalue weighted by atomic mass is 9.93. The highest BCUT2D eigenvalue weighted by Crippen LogP contribution is 2.32. The van der Waals surface area contributed by atoms with E-state index in [0.717, 1.165) is 54.6 Å². The number of carbonyl (C=O) groups is 1. The summed E-state index contributed by atoms with van der Waals surface area (Å²) in [5, 5.41) is 5.72. The molecule has 1 heterocycles. The fourth-order valence-corrected chi connectivity index (χ4v) is 5.82. The third-order valence-corrected chi connectivity index (χ3v) is 8.06. The number of carbonyl (C=O) groups excluding carboxylic acids is 1. The van der Waals surface area contributed by atoms with E-state index in [4.69, 9.17) is 10.7 Å². The minimum atomic E-state index is -0.287. The van der Waals surface area contributed by atoms with Crippen LogP contribution >= 0.6 is 11.3 Å². The van der Waals surface area contributed by atoms with Crippen LogP contribution in [0.5, 0.6) is 0 Å². The third kappa shape index (κ3) is 8.43. The summed E-state index contributed by atoms with van der Waals surface area (Å²) in [6.45, 7) is 2.61. The number of thiophene rings is 1. The molecule has 1 amide bonds. The Kier molecular flexibility index (Phi) is 10.4. The van der Waals surface area contributed by atoms with Crippen LogP contribution in [0.15, 0.2) is 77.1 Å². The number of anilines is 1. The molecule has 1 atom stereocenters. The van der Waals surface area contributed by atoms with Crippen LogP contribution in [0.2, 0.25) is 0 Å². The molecule has 0 aliphatic heterocycles. The predicted octanol–water partition coefficient (Wildman–Crippen LogP) is 5.92. The molecule has 2 aromatic carbocycles. The Morgan fingerprint density at radius 3 is 2.37 bits per heavy atom. The maximum atomic E-state index is 11.8. The van der Waals surface area contributed by atoms with E-state index >= 15 is 0 Å². The van der Waals surface area contributed by atoms with Crippen LogP contribution in [0.25, 0.3) is 0 Å². The summed E-state index contributed by atoms with van der Waals surface area (Å²) in [7, 11) is 4.22. The van der Waals surface area contributed by atoms with Crippen molar-refractivity contribution in [1.29, 1.82) is 0 Å². The monoisotopic (exact) mass is 531 g/mol. The molecule has 0 radical (unpaired) electrons. The second kappa shape index (κ2) is 14.1. The predicted molar refractivity (Wildman–Crippen MR) is 160 cm³/mol. The molecule has 38 heavy (non-hydrogen) atoms. The number of benzene rings is 2. The Morgan fingerprint density at radius 2 is 1.74 bits per heavy atom. The third-order valence-electron chi connectivity index (χ3n) is 7.07. The van der Waals surface area contributed by atoms with Gasteiger partial charge >= 0.3 is 0 Å². The number of hydrogen-bond donors (Lipinski definition) is 2. The first kappa shape index (κ1) is 27.9. The maximum absolute atomic E-state index is 11.8. The molecule has 1 aromatic heterocycles. The zero-order chi connectivity index (χ0) is 26.7. The van der Waals surface area contributed by atoms with E-state index in [1.54, 1.807) is 11.3 Å². The number of nitrogens with one attached hydrogen (secondary N) is 1. The van der Waals surface area contributed by atoms with Gasteiger partial charge in [0.2, 0.25) is 5.91 Å². The van der Waals surface area contributed by atoms with Gasteiger partial charge in [0.25, 0.3) is 0 Å². The first-order valence-electron chi connectivity index (χ1n) is 13.7. The highest BCUT2D eigenvalue weighted by molar-refractivity contribution is 7.10. The summed E-state index contributed by atoms with van der Waals surface area (Å²) < 4.78 is 0. The number of amides is 1. The van der Waals surface area contributed by atoms with E-state index in [-0.39, 0.29) is 11.8 Å². The molecule has 3 aromatic rings. The Balaban J connectivity index is 1.59. The quantitative estimate of drug-likeness (QED) is 0.238. The van der Waals surface area contributed by atoms with Gasteiger partial charge in [0.1, 0.15) is 0 Å². The summed E-state index contributed by atoms with van der Waals surface area (Å²) in [5.74, 6) is 0.624. The van der Waals surface area contributed by atoms with Crippen molar-refractivity contribution in [2.75, 3.05) is 32.5 Å². The van der Waals surface area contributed by atoms with Gasteiger partial charge in [0, 0.05) is 42.5 Å². The van der Waals surface area contributed by atoms with Crippen LogP contribution in [0.4, 0.5) is 5.69 Å². The van der Waals surface area contributed by atoms with Crippen LogP contribution in [0.3, 0.4) is 0 Å². The molecule has 4 rings (SSSR count). The lowest BCUT2D eigenvalue weighted by Gasteiger charge is -2.30. The summed E-state index contributed by atoms with van der Waals surface area (Å²) in [6, 6.07) is 23.5. The van der Waals surface area contributed by atoms with E-state index in [1.165, 1.54) is 24.8 Å². The molecule has 6 nitrogen and oxygen atoms in total. The molecular formula is C31H41N5OS. The van der Waals surface area contributed by atoms with Gasteiger partial charge in [0.15, 0.2) is 5.96 Å². The smallest absolute Gasteiger partial charge is 0.218 e. The second-order valence-corrected chi connectivity index (χ2v) is 11.4. The van der Waals surface area contributed by atoms with Crippen molar-refractivity contribution >= 4 is 28.9 Å². The number of nitrogens with two attached hydrogens (primary N) is 1. The van der Waals surface area contributed by atoms with Crippen molar-refractivity contribution < 1.29 is 4.79 Å². The van der Waals surface area contributed by atoms with Gasteiger partial charge in [-0.15, -0.1) is 11.3 Å². The maximum Gasteiger partial charge on any atom is 0.218 e. The number of rotatable bonds is 11. The lowest BCUT2D eigenvalue weighted by molar-refractivity contribution is -0.118. The zero-order valence-electron chi connectivity index (χ0n) is 22.7. The fourth-order valence-electron chi connectivity index (χ4n) is 4.96. The van der Waals surface area contributed by atoms with Crippen molar-refractivity contribution in [3.05, 3.63) is 88.1 Å². The summed E-state index contributed by atoms with van der Waals surface area (Å²) in [6.07, 6.45) is 6.39. The largest absolute Gasteiger partial charge is 0.370 e. The highest BCUT2D eigenvalue weighted by atomic mass is 32.1. The number of primary amides is 1. The van der Waals surface area contributed by atoms with Crippen LogP contribution in [-0.2, 0) is 11.3 Å². The van der Waals surface area contributed by atoms with E-state index in [2.05, 4.69) is 89.9 Å². The molecule has 3 N–H and O–H groups in total. The van der Waals surface area contributed by atoms with E-state index in [1.807, 2.05) is 11.4 Å². The molecule has 1 saturated carbocycles. The number of guanidine groups is 1. The van der Waals surface area contributed by atoms with Crippen molar-refractivity contribution in [3.63, 3.8) is 0 Å². The van der Waals surface area contributed by atoms with Crippen LogP contribution in [0.1, 0.15) is 60.4 Å². The standard InChI is InChI=1S/C31H41N5OS/c1-35(2)19-20-36(23-24-10-5-3-6-11-24)31(33-26-12-7-4-8-13-26)34-27-17-15-25(16-18-27)28(22-30(32)37)29-14-9-21-38-29/h3,5-6,9-11,14-18,21,26,28H,4,7-8,12-13,19-20,22-23H2,1-2H3,(H2,32,37)(H,33,34). The van der Waals surface area contributed by atoms with Crippen molar-refractivity contribution in [3.8, 4) is 0 Å². The van der Waals surface area contributed by atoms with Crippen molar-refractivity contribution in [1.82, 2.24) is 9.80 Å². The van der Waals surface area contributed by atoms with Crippen molar-refractivity contribution in [2.24, 2.45) is 10.7 Å². The average Bonchev–Trinajstić information content (AvgIpc) is 3.46. The molecular weight excluding hydrogens is 490 g/mol. The van der Waals surface area contributed by atoms with Crippen molar-refractivity contribution in [2.45, 2.75) is 57.0 Å². The lowest BCUT2D eigenvalue weighted by Crippen LogP contribution is -2.41. The molecule has 1 aliphatic carbocycles. The van der Waals surface area contributed by atoms with Gasteiger partial charge in [-0.2, -0.15) is 0 Å². The zero-order valence-corrected chi connectivity index (χ0v) is 23.5. The Bertz CT molecular complexity index is 1140. The fraction of sp³-hybridized carbons (Fsp3) is 0.419. The minimum Gasteiger partial charge on any atom is -0.370 e. The molecule has 7 heteroatoms. The van der Waals surface area contributed by atoms with Gasteiger partial charge in [-0.05, 0) is 61.6 Å². The van der Waals surface area contributed by atoms with Crippen LogP contribution in [-0.4, -0.2) is 54.9 Å². The summed E-state index contributed by atoms with van der Waals surface area (Å²) >= 11 is 1.66. The van der Waals surface area contributed by atoms with Crippen LogP contribution < -0.4 is 11.1 Å². The van der Waals surface area contributed by atoms with Gasteiger partial charge in [-0.1, -0.05) is 67.8 Å². The van der Waals surface area contributed by atoms with Crippen LogP contribution in [0, 0.1) is 0 Å². The Hall–Kier alpha value is -3.16. The molecule has 0 saturated heterocycles. The Labute approximate surface area is 231 Å². The molecule has 1 aliphatic rings. The van der Waals surface area contributed by atoms with Gasteiger partial charge in [-0.3, -0.25) is 4.79 Å². The number of aliphatic imine (C=N–C) groups is 1. The number of likely N-dealkylation sites (N-methyl/N-ethyl adjacent to an activating group) is 1.